The first-order valence-corrected chi connectivity index (χ1v) is 9.90. The first-order valence-electron chi connectivity index (χ1n) is 9.90. The van der Waals surface area contributed by atoms with Gasteiger partial charge in [0.25, 0.3) is 0 Å². The third-order valence-electron chi connectivity index (χ3n) is 6.10. The van der Waals surface area contributed by atoms with E-state index in [1.807, 2.05) is 16.9 Å². The molecule has 3 atom stereocenters. The molecule has 3 heterocycles. The molecule has 25 heavy (non-hydrogen) atoms. The summed E-state index contributed by atoms with van der Waals surface area (Å²) >= 11 is 0. The number of carbonyl (C=O) groups is 1. The first-order chi connectivity index (χ1) is 12.3. The van der Waals surface area contributed by atoms with Crippen LogP contribution in [0.4, 0.5) is 0 Å². The second kappa shape index (κ2) is 7.87. The number of amides is 1. The minimum absolute atomic E-state index is 0.116. The Morgan fingerprint density at radius 1 is 1.16 bits per heavy atom. The van der Waals surface area contributed by atoms with E-state index in [4.69, 9.17) is 4.74 Å². The molecule has 6 nitrogen and oxygen atoms in total. The standard InChI is InChI=1S/C19H30N4O2/c24-19(23-10-3-6-16-5-1-2-7-18(16)23)15-21-11-12-25-17(13-21)14-22-9-4-8-20-22/h4,8-9,16-18H,1-3,5-7,10-15H2. The zero-order chi connectivity index (χ0) is 17.1. The molecule has 3 unspecified atom stereocenters. The highest BCUT2D eigenvalue weighted by molar-refractivity contribution is 5.78. The Balaban J connectivity index is 1.32. The lowest BCUT2D eigenvalue weighted by molar-refractivity contribution is -0.140. The van der Waals surface area contributed by atoms with Crippen LogP contribution in [0.3, 0.4) is 0 Å². The summed E-state index contributed by atoms with van der Waals surface area (Å²) in [5, 5.41) is 4.26. The number of aromatic nitrogens is 2. The monoisotopic (exact) mass is 346 g/mol. The van der Waals surface area contributed by atoms with Crippen molar-refractivity contribution in [2.75, 3.05) is 32.8 Å². The normalized spacial score (nSPS) is 30.9. The molecule has 1 saturated carbocycles. The lowest BCUT2D eigenvalue weighted by Gasteiger charge is -2.45. The van der Waals surface area contributed by atoms with Crippen molar-refractivity contribution in [2.45, 2.75) is 57.2 Å². The van der Waals surface area contributed by atoms with Crippen LogP contribution in [0.2, 0.25) is 0 Å². The van der Waals surface area contributed by atoms with Gasteiger partial charge in [0.1, 0.15) is 0 Å². The molecule has 4 rings (SSSR count). The zero-order valence-electron chi connectivity index (χ0n) is 15.1. The second-order valence-corrected chi connectivity index (χ2v) is 7.80. The van der Waals surface area contributed by atoms with Crippen molar-refractivity contribution in [3.8, 4) is 0 Å². The number of nitrogens with zero attached hydrogens (tertiary/aromatic N) is 4. The van der Waals surface area contributed by atoms with E-state index in [1.165, 1.54) is 38.5 Å². The predicted molar refractivity (Wildman–Crippen MR) is 95.1 cm³/mol. The Morgan fingerprint density at radius 3 is 2.92 bits per heavy atom. The summed E-state index contributed by atoms with van der Waals surface area (Å²) in [7, 11) is 0. The van der Waals surface area contributed by atoms with E-state index in [9.17, 15) is 4.79 Å². The van der Waals surface area contributed by atoms with Gasteiger partial charge in [0, 0.05) is 38.1 Å². The molecular weight excluding hydrogens is 316 g/mol. The van der Waals surface area contributed by atoms with E-state index in [0.29, 0.717) is 25.1 Å². The molecule has 1 aromatic rings. The minimum Gasteiger partial charge on any atom is -0.374 e. The van der Waals surface area contributed by atoms with Crippen molar-refractivity contribution in [3.63, 3.8) is 0 Å². The Bertz CT molecular complexity index is 560. The van der Waals surface area contributed by atoms with Gasteiger partial charge < -0.3 is 9.64 Å². The number of carbonyl (C=O) groups excluding carboxylic acids is 1. The number of piperidine rings is 1. The molecule has 1 aliphatic carbocycles. The summed E-state index contributed by atoms with van der Waals surface area (Å²) in [6.07, 6.45) is 11.5. The van der Waals surface area contributed by atoms with Gasteiger partial charge in [-0.25, -0.2) is 0 Å². The van der Waals surface area contributed by atoms with E-state index in [-0.39, 0.29) is 6.10 Å². The predicted octanol–water partition coefficient (Wildman–Crippen LogP) is 1.77. The summed E-state index contributed by atoms with van der Waals surface area (Å²) in [5.41, 5.74) is 0. The summed E-state index contributed by atoms with van der Waals surface area (Å²) < 4.78 is 7.78. The number of fused-ring (bicyclic) bond motifs is 1. The zero-order valence-corrected chi connectivity index (χ0v) is 15.1. The number of hydrogen-bond donors (Lipinski definition) is 0. The van der Waals surface area contributed by atoms with Gasteiger partial charge in [-0.2, -0.15) is 5.10 Å². The minimum atomic E-state index is 0.116. The van der Waals surface area contributed by atoms with E-state index >= 15 is 0 Å². The molecule has 1 amide bonds. The Labute approximate surface area is 150 Å². The lowest BCUT2D eigenvalue weighted by atomic mass is 9.78. The maximum Gasteiger partial charge on any atom is 0.237 e. The fraction of sp³-hybridized carbons (Fsp3) is 0.789. The highest BCUT2D eigenvalue weighted by atomic mass is 16.5. The number of ether oxygens (including phenoxy) is 1. The summed E-state index contributed by atoms with van der Waals surface area (Å²) in [6.45, 7) is 4.62. The maximum absolute atomic E-state index is 13.0. The Hall–Kier alpha value is -1.40. The molecule has 1 aromatic heterocycles. The van der Waals surface area contributed by atoms with Crippen molar-refractivity contribution in [1.82, 2.24) is 19.6 Å². The average Bonchev–Trinajstić information content (AvgIpc) is 3.14. The largest absolute Gasteiger partial charge is 0.374 e. The fourth-order valence-corrected chi connectivity index (χ4v) is 4.87. The van der Waals surface area contributed by atoms with Crippen LogP contribution in [0.15, 0.2) is 18.5 Å². The summed E-state index contributed by atoms with van der Waals surface area (Å²) in [4.78, 5) is 17.5. The van der Waals surface area contributed by atoms with Crippen molar-refractivity contribution in [1.29, 1.82) is 0 Å². The molecular formula is C19H30N4O2. The van der Waals surface area contributed by atoms with Crippen molar-refractivity contribution >= 4 is 5.91 Å². The van der Waals surface area contributed by atoms with E-state index in [2.05, 4.69) is 14.9 Å². The molecule has 3 aliphatic rings. The lowest BCUT2D eigenvalue weighted by Crippen LogP contribution is -2.54. The van der Waals surface area contributed by atoms with Gasteiger partial charge in [-0.1, -0.05) is 12.8 Å². The molecule has 6 heteroatoms. The topological polar surface area (TPSA) is 50.6 Å². The van der Waals surface area contributed by atoms with Gasteiger partial charge >= 0.3 is 0 Å². The highest BCUT2D eigenvalue weighted by Gasteiger charge is 2.36. The van der Waals surface area contributed by atoms with Crippen LogP contribution >= 0.6 is 0 Å². The van der Waals surface area contributed by atoms with Gasteiger partial charge in [-0.3, -0.25) is 14.4 Å². The molecule has 0 aromatic carbocycles. The fourth-order valence-electron chi connectivity index (χ4n) is 4.87. The number of rotatable bonds is 4. The summed E-state index contributed by atoms with van der Waals surface area (Å²) in [6, 6.07) is 2.44. The van der Waals surface area contributed by atoms with Gasteiger partial charge in [-0.15, -0.1) is 0 Å². The molecule has 0 bridgehead atoms. The van der Waals surface area contributed by atoms with Crippen molar-refractivity contribution < 1.29 is 9.53 Å². The van der Waals surface area contributed by atoms with Crippen molar-refractivity contribution in [3.05, 3.63) is 18.5 Å². The van der Waals surface area contributed by atoms with Crippen LogP contribution in [0.25, 0.3) is 0 Å². The van der Waals surface area contributed by atoms with Gasteiger partial charge in [0.15, 0.2) is 0 Å². The third-order valence-corrected chi connectivity index (χ3v) is 6.10. The molecule has 0 N–H and O–H groups in total. The molecule has 2 saturated heterocycles. The average molecular weight is 346 g/mol. The molecule has 0 radical (unpaired) electrons. The van der Waals surface area contributed by atoms with E-state index < -0.39 is 0 Å². The molecule has 3 fully saturated rings. The maximum atomic E-state index is 13.0. The van der Waals surface area contributed by atoms with Crippen LogP contribution < -0.4 is 0 Å². The van der Waals surface area contributed by atoms with Crippen molar-refractivity contribution in [2.24, 2.45) is 5.92 Å². The van der Waals surface area contributed by atoms with Crippen LogP contribution in [0, 0.1) is 5.92 Å². The van der Waals surface area contributed by atoms with E-state index in [1.54, 1.807) is 6.20 Å². The first kappa shape index (κ1) is 17.0. The summed E-state index contributed by atoms with van der Waals surface area (Å²) in [5.74, 6) is 1.08. The van der Waals surface area contributed by atoms with Crippen LogP contribution in [0.5, 0.6) is 0 Å². The van der Waals surface area contributed by atoms with Gasteiger partial charge in [0.2, 0.25) is 5.91 Å². The van der Waals surface area contributed by atoms with E-state index in [0.717, 1.165) is 32.1 Å². The Morgan fingerprint density at radius 2 is 2.04 bits per heavy atom. The second-order valence-electron chi connectivity index (χ2n) is 7.80. The van der Waals surface area contributed by atoms with Crippen LogP contribution in [-0.4, -0.2) is 70.4 Å². The van der Waals surface area contributed by atoms with Gasteiger partial charge in [0.05, 0.1) is 25.8 Å². The highest BCUT2D eigenvalue weighted by Crippen LogP contribution is 2.35. The molecule has 0 spiro atoms. The molecule has 2 aliphatic heterocycles. The number of likely N-dealkylation sites (tertiary alicyclic amines) is 1. The Kier molecular flexibility index (Phi) is 5.36. The quantitative estimate of drug-likeness (QED) is 0.834. The van der Waals surface area contributed by atoms with Crippen LogP contribution in [0.1, 0.15) is 38.5 Å². The van der Waals surface area contributed by atoms with Crippen LogP contribution in [-0.2, 0) is 16.1 Å². The smallest absolute Gasteiger partial charge is 0.237 e. The molecule has 138 valence electrons. The number of morpholine rings is 1. The number of hydrogen-bond acceptors (Lipinski definition) is 4. The SMILES string of the molecule is O=C(CN1CCOC(Cn2cccn2)C1)N1CCCC2CCCCC21. The third kappa shape index (κ3) is 4.06. The van der Waals surface area contributed by atoms with Gasteiger partial charge in [-0.05, 0) is 37.7 Å².